The minimum absolute atomic E-state index is 0. The van der Waals surface area contributed by atoms with Crippen molar-refractivity contribution in [1.29, 1.82) is 0 Å². The number of aliphatic hydroxyl groups is 1. The van der Waals surface area contributed by atoms with Crippen LogP contribution in [0.25, 0.3) is 0 Å². The van der Waals surface area contributed by atoms with Crippen LogP contribution in [0.4, 0.5) is 0 Å². The van der Waals surface area contributed by atoms with Crippen molar-refractivity contribution in [2.45, 2.75) is 80.2 Å². The van der Waals surface area contributed by atoms with E-state index in [1.54, 1.807) is 0 Å². The molecule has 1 atom stereocenters. The van der Waals surface area contributed by atoms with E-state index in [-0.39, 0.29) is 13.8 Å². The van der Waals surface area contributed by atoms with Gasteiger partial charge in [-0.3, -0.25) is 10.1 Å². The number of carbonyl (C=O) groups excluding carboxylic acids is 1. The molecule has 0 heterocycles. The number of ether oxygens (including phenoxy) is 1. The van der Waals surface area contributed by atoms with Gasteiger partial charge in [-0.05, 0) is 27.7 Å². The molecule has 18 heavy (non-hydrogen) atoms. The lowest BCUT2D eigenvalue weighted by atomic mass is 10.2. The van der Waals surface area contributed by atoms with Gasteiger partial charge in [-0.1, -0.05) is 34.1 Å². The van der Waals surface area contributed by atoms with Crippen LogP contribution in [0.15, 0.2) is 0 Å². The van der Waals surface area contributed by atoms with E-state index in [9.17, 15) is 9.90 Å². The first kappa shape index (κ1) is 22.7. The Morgan fingerprint density at radius 1 is 1.22 bits per heavy atom. The summed E-state index contributed by atoms with van der Waals surface area (Å²) in [4.78, 5) is 10.6. The molecule has 0 amide bonds. The van der Waals surface area contributed by atoms with Gasteiger partial charge in [0.15, 0.2) is 0 Å². The van der Waals surface area contributed by atoms with Crippen molar-refractivity contribution in [3.63, 3.8) is 0 Å². The van der Waals surface area contributed by atoms with Crippen LogP contribution in [-0.2, 0) is 9.53 Å². The highest BCUT2D eigenvalue weighted by molar-refractivity contribution is 5.77. The highest BCUT2D eigenvalue weighted by Crippen LogP contribution is 2.14. The lowest BCUT2D eigenvalue weighted by Crippen LogP contribution is -2.50. The van der Waals surface area contributed by atoms with E-state index in [0.29, 0.717) is 0 Å². The second kappa shape index (κ2) is 11.6. The molecule has 0 spiro atoms. The third-order valence-electron chi connectivity index (χ3n) is 1.17. The van der Waals surface area contributed by atoms with Crippen molar-refractivity contribution in [2.24, 2.45) is 0 Å². The molecule has 114 valence electrons. The maximum Gasteiger partial charge on any atom is 0.222 e. The summed E-state index contributed by atoms with van der Waals surface area (Å²) < 4.78 is 5.27. The Bertz CT molecular complexity index is 201. The average molecular weight is 265 g/mol. The third-order valence-corrected chi connectivity index (χ3v) is 1.17. The summed E-state index contributed by atoms with van der Waals surface area (Å²) in [5.74, 6) is -1.50. The first-order chi connectivity index (χ1) is 8.04. The summed E-state index contributed by atoms with van der Waals surface area (Å²) in [5, 5.41) is 12.2. The van der Waals surface area contributed by atoms with E-state index in [4.69, 9.17) is 4.74 Å². The molecule has 0 radical (unpaired) electrons. The number of hydrogen-bond donors (Lipinski definition) is 2. The highest BCUT2D eigenvalue weighted by atomic mass is 16.7. The van der Waals surface area contributed by atoms with Crippen LogP contribution in [0.2, 0.25) is 0 Å². The van der Waals surface area contributed by atoms with Crippen molar-refractivity contribution in [2.75, 3.05) is 6.54 Å². The van der Waals surface area contributed by atoms with E-state index in [1.165, 1.54) is 20.3 Å². The van der Waals surface area contributed by atoms with Crippen LogP contribution in [0.1, 0.15) is 70.2 Å². The summed E-state index contributed by atoms with van der Waals surface area (Å²) in [6, 6.07) is 0. The largest absolute Gasteiger partial charge is 0.353 e. The molecule has 0 rings (SSSR count). The van der Waals surface area contributed by atoms with Crippen LogP contribution in [0.3, 0.4) is 0 Å². The summed E-state index contributed by atoms with van der Waals surface area (Å²) in [6.07, 6.45) is 1.25. The molecule has 4 nitrogen and oxygen atoms in total. The Labute approximate surface area is 115 Å². The minimum atomic E-state index is -1.45. The standard InChI is InChI=1S/C9H19NO3.C3H8.C2H6.H2/c1-7(11)6-10-9(5,12)13-8(2,3)4;1-3-2;1-2;/h10,12H,6H2,1-5H3;3H2,1-2H3;1-2H3;1H. The van der Waals surface area contributed by atoms with Gasteiger partial charge in [0.2, 0.25) is 5.91 Å². The van der Waals surface area contributed by atoms with E-state index in [1.807, 2.05) is 34.6 Å². The molecule has 0 aliphatic heterocycles. The molecule has 4 heteroatoms. The van der Waals surface area contributed by atoms with Gasteiger partial charge < -0.3 is 9.84 Å². The van der Waals surface area contributed by atoms with E-state index < -0.39 is 11.5 Å². The van der Waals surface area contributed by atoms with Gasteiger partial charge in [-0.15, -0.1) is 0 Å². The van der Waals surface area contributed by atoms with Gasteiger partial charge in [0.25, 0.3) is 0 Å². The normalized spacial score (nSPS) is 13.4. The van der Waals surface area contributed by atoms with Crippen LogP contribution in [0, 0.1) is 0 Å². The number of carbonyl (C=O) groups is 1. The number of ketones is 1. The molecule has 0 aliphatic carbocycles. The van der Waals surface area contributed by atoms with E-state index >= 15 is 0 Å². The van der Waals surface area contributed by atoms with Crippen LogP contribution in [-0.4, -0.2) is 28.9 Å². The molecule has 0 saturated heterocycles. The zero-order chi connectivity index (χ0) is 15.4. The Balaban J connectivity index is -0.000000164. The fraction of sp³-hybridized carbons (Fsp3) is 0.929. The first-order valence-corrected chi connectivity index (χ1v) is 6.71. The Morgan fingerprint density at radius 2 is 1.56 bits per heavy atom. The maximum absolute atomic E-state index is 10.6. The van der Waals surface area contributed by atoms with Crippen LogP contribution in [0.5, 0.6) is 0 Å². The molecule has 0 aromatic heterocycles. The summed E-state index contributed by atoms with van der Waals surface area (Å²) in [7, 11) is 0. The fourth-order valence-corrected chi connectivity index (χ4v) is 0.921. The zero-order valence-electron chi connectivity index (χ0n) is 13.7. The van der Waals surface area contributed by atoms with Crippen molar-refractivity contribution >= 4 is 5.78 Å². The Kier molecular flexibility index (Phi) is 14.7. The summed E-state index contributed by atoms with van der Waals surface area (Å²) in [6.45, 7) is 16.8. The molecular weight excluding hydrogens is 230 g/mol. The van der Waals surface area contributed by atoms with Gasteiger partial charge in [0.05, 0.1) is 12.1 Å². The SMILES string of the molecule is CC.CC(=O)CNC(C)(O)OC(C)(C)C.CCC.[HH]. The molecule has 2 N–H and O–H groups in total. The first-order valence-electron chi connectivity index (χ1n) is 6.71. The predicted molar refractivity (Wildman–Crippen MR) is 79.6 cm³/mol. The molecule has 0 aliphatic rings. The lowest BCUT2D eigenvalue weighted by Gasteiger charge is -2.32. The monoisotopic (exact) mass is 265 g/mol. The van der Waals surface area contributed by atoms with Gasteiger partial charge in [0, 0.05) is 8.35 Å². The van der Waals surface area contributed by atoms with Crippen LogP contribution >= 0.6 is 0 Å². The molecule has 0 fully saturated rings. The zero-order valence-corrected chi connectivity index (χ0v) is 13.7. The predicted octanol–water partition coefficient (Wildman–Crippen LogP) is 3.33. The summed E-state index contributed by atoms with van der Waals surface area (Å²) >= 11 is 0. The van der Waals surface area contributed by atoms with Crippen molar-refractivity contribution in [1.82, 2.24) is 5.32 Å². The Morgan fingerprint density at radius 3 is 1.78 bits per heavy atom. The van der Waals surface area contributed by atoms with Gasteiger partial charge in [-0.2, -0.15) is 0 Å². The molecule has 1 unspecified atom stereocenters. The number of hydrogen-bond acceptors (Lipinski definition) is 4. The van der Waals surface area contributed by atoms with Gasteiger partial charge in [-0.25, -0.2) is 0 Å². The topological polar surface area (TPSA) is 58.6 Å². The quantitative estimate of drug-likeness (QED) is 0.765. The smallest absolute Gasteiger partial charge is 0.222 e. The lowest BCUT2D eigenvalue weighted by molar-refractivity contribution is -0.258. The number of nitrogens with one attached hydrogen (secondary N) is 1. The molecule has 0 aromatic carbocycles. The van der Waals surface area contributed by atoms with E-state index in [0.717, 1.165) is 0 Å². The summed E-state index contributed by atoms with van der Waals surface area (Å²) in [5.41, 5.74) is -0.451. The fourth-order valence-electron chi connectivity index (χ4n) is 0.921. The molecule has 0 bridgehead atoms. The maximum atomic E-state index is 10.6. The number of rotatable bonds is 4. The van der Waals surface area contributed by atoms with E-state index in [2.05, 4.69) is 19.2 Å². The van der Waals surface area contributed by atoms with Crippen molar-refractivity contribution in [3.05, 3.63) is 0 Å². The third kappa shape index (κ3) is 24.7. The van der Waals surface area contributed by atoms with Gasteiger partial charge in [0.1, 0.15) is 5.78 Å². The van der Waals surface area contributed by atoms with Gasteiger partial charge >= 0.3 is 0 Å². The molecule has 0 aromatic rings. The molecular formula is C14H35NO3. The second-order valence-corrected chi connectivity index (χ2v) is 4.96. The number of Topliss-reactive ketones (excluding diaryl/α,β-unsaturated/α-hetero) is 1. The average Bonchev–Trinajstić information content (AvgIpc) is 2.16. The molecule has 0 saturated carbocycles. The van der Waals surface area contributed by atoms with Crippen molar-refractivity contribution < 1.29 is 16.1 Å². The second-order valence-electron chi connectivity index (χ2n) is 4.96. The van der Waals surface area contributed by atoms with Crippen LogP contribution < -0.4 is 5.32 Å². The Hall–Kier alpha value is -0.450. The van der Waals surface area contributed by atoms with Crippen molar-refractivity contribution in [3.8, 4) is 0 Å². The highest BCUT2D eigenvalue weighted by Gasteiger charge is 2.27. The minimum Gasteiger partial charge on any atom is -0.353 e.